The van der Waals surface area contributed by atoms with Crippen LogP contribution in [0.25, 0.3) is 0 Å². The summed E-state index contributed by atoms with van der Waals surface area (Å²) in [5.74, 6) is 0.326. The van der Waals surface area contributed by atoms with Crippen LogP contribution in [0, 0.1) is 11.7 Å². The fourth-order valence-electron chi connectivity index (χ4n) is 2.62. The van der Waals surface area contributed by atoms with Gasteiger partial charge in [0.15, 0.2) is 0 Å². The summed E-state index contributed by atoms with van der Waals surface area (Å²) in [6.45, 7) is 5.65. The fourth-order valence-corrected chi connectivity index (χ4v) is 2.62. The molecule has 0 spiro atoms. The molecule has 1 aromatic rings. The van der Waals surface area contributed by atoms with Crippen molar-refractivity contribution in [3.63, 3.8) is 0 Å². The minimum absolute atomic E-state index is 0.142. The predicted molar refractivity (Wildman–Crippen MR) is 75.8 cm³/mol. The minimum atomic E-state index is -0.195. The molecular weight excluding hydrogens is 243 g/mol. The molecule has 0 bridgehead atoms. The highest BCUT2D eigenvalue weighted by Gasteiger charge is 2.27. The number of nitrogens with zero attached hydrogens (tertiary/aromatic N) is 1. The van der Waals surface area contributed by atoms with Crippen LogP contribution in [-0.2, 0) is 4.74 Å². The van der Waals surface area contributed by atoms with Gasteiger partial charge in [0.25, 0.3) is 0 Å². The third-order valence-corrected chi connectivity index (χ3v) is 4.03. The van der Waals surface area contributed by atoms with Gasteiger partial charge in [-0.05, 0) is 37.0 Å². The standard InChI is InChI=1S/C15H23FN2O/c1-10-6-7-18(9-15(10)19-3)14-5-4-12(11(2)17)8-13(14)16/h4-5,8,10-11,15H,6-7,9,17H2,1-3H3/t10?,11-,15?/m0/s1. The first-order valence-corrected chi connectivity index (χ1v) is 6.85. The van der Waals surface area contributed by atoms with Crippen LogP contribution in [0.1, 0.15) is 31.9 Å². The summed E-state index contributed by atoms with van der Waals surface area (Å²) in [5.41, 5.74) is 7.25. The molecule has 19 heavy (non-hydrogen) atoms. The summed E-state index contributed by atoms with van der Waals surface area (Å²) in [6.07, 6.45) is 1.19. The Bertz CT molecular complexity index is 436. The molecule has 4 heteroatoms. The number of anilines is 1. The first kappa shape index (κ1) is 14.3. The smallest absolute Gasteiger partial charge is 0.146 e. The summed E-state index contributed by atoms with van der Waals surface area (Å²) < 4.78 is 19.7. The molecule has 2 rings (SSSR count). The highest BCUT2D eigenvalue weighted by atomic mass is 19.1. The number of methoxy groups -OCH3 is 1. The van der Waals surface area contributed by atoms with Crippen molar-refractivity contribution in [2.45, 2.75) is 32.4 Å². The van der Waals surface area contributed by atoms with Gasteiger partial charge >= 0.3 is 0 Å². The Labute approximate surface area is 114 Å². The van der Waals surface area contributed by atoms with E-state index >= 15 is 0 Å². The van der Waals surface area contributed by atoms with Gasteiger partial charge in [0, 0.05) is 26.2 Å². The van der Waals surface area contributed by atoms with E-state index in [-0.39, 0.29) is 18.0 Å². The maximum Gasteiger partial charge on any atom is 0.146 e. The lowest BCUT2D eigenvalue weighted by atomic mass is 9.95. The van der Waals surface area contributed by atoms with Crippen molar-refractivity contribution in [2.75, 3.05) is 25.1 Å². The maximum atomic E-state index is 14.2. The second kappa shape index (κ2) is 5.88. The fraction of sp³-hybridized carbons (Fsp3) is 0.600. The molecule has 0 saturated carbocycles. The zero-order valence-corrected chi connectivity index (χ0v) is 11.9. The number of piperidine rings is 1. The minimum Gasteiger partial charge on any atom is -0.379 e. The van der Waals surface area contributed by atoms with E-state index in [9.17, 15) is 4.39 Å². The van der Waals surface area contributed by atoms with Crippen LogP contribution in [0.3, 0.4) is 0 Å². The van der Waals surface area contributed by atoms with Crippen molar-refractivity contribution in [2.24, 2.45) is 11.7 Å². The molecule has 1 aliphatic heterocycles. The molecule has 1 heterocycles. The van der Waals surface area contributed by atoms with E-state index in [0.717, 1.165) is 25.1 Å². The SMILES string of the molecule is COC1CN(c2ccc([C@H](C)N)cc2F)CCC1C. The van der Waals surface area contributed by atoms with E-state index in [1.54, 1.807) is 13.2 Å². The lowest BCUT2D eigenvalue weighted by Gasteiger charge is -2.37. The van der Waals surface area contributed by atoms with E-state index in [1.807, 2.05) is 19.1 Å². The second-order valence-corrected chi connectivity index (χ2v) is 5.49. The van der Waals surface area contributed by atoms with Gasteiger partial charge in [-0.1, -0.05) is 13.0 Å². The molecule has 0 aromatic heterocycles. The largest absolute Gasteiger partial charge is 0.379 e. The van der Waals surface area contributed by atoms with Gasteiger partial charge in [0.2, 0.25) is 0 Å². The maximum absolute atomic E-state index is 14.2. The van der Waals surface area contributed by atoms with E-state index in [0.29, 0.717) is 11.6 Å². The van der Waals surface area contributed by atoms with Crippen molar-refractivity contribution in [3.8, 4) is 0 Å². The van der Waals surface area contributed by atoms with Crippen LogP contribution in [0.4, 0.5) is 10.1 Å². The molecule has 0 radical (unpaired) electrons. The molecule has 2 unspecified atom stereocenters. The molecule has 106 valence electrons. The van der Waals surface area contributed by atoms with E-state index in [2.05, 4.69) is 11.8 Å². The van der Waals surface area contributed by atoms with Crippen molar-refractivity contribution < 1.29 is 9.13 Å². The Hall–Kier alpha value is -1.13. The number of nitrogens with two attached hydrogens (primary N) is 1. The summed E-state index contributed by atoms with van der Waals surface area (Å²) >= 11 is 0. The van der Waals surface area contributed by atoms with Crippen LogP contribution in [0.2, 0.25) is 0 Å². The Balaban J connectivity index is 2.18. The summed E-state index contributed by atoms with van der Waals surface area (Å²) in [7, 11) is 1.72. The van der Waals surface area contributed by atoms with Gasteiger partial charge in [-0.15, -0.1) is 0 Å². The summed E-state index contributed by atoms with van der Waals surface area (Å²) in [5, 5.41) is 0. The molecule has 2 N–H and O–H groups in total. The molecule has 0 aliphatic carbocycles. The van der Waals surface area contributed by atoms with Gasteiger partial charge in [0.1, 0.15) is 5.82 Å². The Morgan fingerprint density at radius 1 is 1.47 bits per heavy atom. The van der Waals surface area contributed by atoms with E-state index in [4.69, 9.17) is 10.5 Å². The zero-order chi connectivity index (χ0) is 14.0. The topological polar surface area (TPSA) is 38.5 Å². The molecule has 3 nitrogen and oxygen atoms in total. The normalized spacial score (nSPS) is 25.4. The molecule has 1 aliphatic rings. The lowest BCUT2D eigenvalue weighted by molar-refractivity contribution is 0.0497. The van der Waals surface area contributed by atoms with Gasteiger partial charge in [-0.2, -0.15) is 0 Å². The van der Waals surface area contributed by atoms with Gasteiger partial charge < -0.3 is 15.4 Å². The molecular formula is C15H23FN2O. The van der Waals surface area contributed by atoms with Crippen LogP contribution < -0.4 is 10.6 Å². The van der Waals surface area contributed by atoms with Gasteiger partial charge in [-0.3, -0.25) is 0 Å². The molecule has 1 saturated heterocycles. The Morgan fingerprint density at radius 2 is 2.21 bits per heavy atom. The van der Waals surface area contributed by atoms with E-state index in [1.165, 1.54) is 0 Å². The molecule has 0 amide bonds. The average Bonchev–Trinajstić information content (AvgIpc) is 2.39. The molecule has 3 atom stereocenters. The first-order chi connectivity index (χ1) is 9.02. The monoisotopic (exact) mass is 266 g/mol. The number of benzene rings is 1. The molecule has 1 aromatic carbocycles. The third-order valence-electron chi connectivity index (χ3n) is 4.03. The van der Waals surface area contributed by atoms with Crippen molar-refractivity contribution in [1.29, 1.82) is 0 Å². The summed E-state index contributed by atoms with van der Waals surface area (Å²) in [6, 6.07) is 5.14. The lowest BCUT2D eigenvalue weighted by Crippen LogP contribution is -2.44. The third kappa shape index (κ3) is 3.07. The summed E-state index contributed by atoms with van der Waals surface area (Å²) in [4.78, 5) is 2.06. The zero-order valence-electron chi connectivity index (χ0n) is 11.9. The second-order valence-electron chi connectivity index (χ2n) is 5.49. The van der Waals surface area contributed by atoms with Crippen LogP contribution in [0.15, 0.2) is 18.2 Å². The predicted octanol–water partition coefficient (Wildman–Crippen LogP) is 2.71. The Kier molecular flexibility index (Phi) is 4.42. The van der Waals surface area contributed by atoms with Crippen molar-refractivity contribution >= 4 is 5.69 Å². The van der Waals surface area contributed by atoms with Crippen molar-refractivity contribution in [1.82, 2.24) is 0 Å². The average molecular weight is 266 g/mol. The van der Waals surface area contributed by atoms with Gasteiger partial charge in [-0.25, -0.2) is 4.39 Å². The van der Waals surface area contributed by atoms with Crippen LogP contribution in [0.5, 0.6) is 0 Å². The highest BCUT2D eigenvalue weighted by Crippen LogP contribution is 2.28. The number of rotatable bonds is 3. The first-order valence-electron chi connectivity index (χ1n) is 6.85. The number of ether oxygens (including phenoxy) is 1. The molecule has 1 fully saturated rings. The number of hydrogen-bond donors (Lipinski definition) is 1. The van der Waals surface area contributed by atoms with Crippen LogP contribution in [-0.4, -0.2) is 26.3 Å². The van der Waals surface area contributed by atoms with Crippen LogP contribution >= 0.6 is 0 Å². The van der Waals surface area contributed by atoms with Gasteiger partial charge in [0.05, 0.1) is 11.8 Å². The number of hydrogen-bond acceptors (Lipinski definition) is 3. The number of halogens is 1. The Morgan fingerprint density at radius 3 is 2.79 bits per heavy atom. The van der Waals surface area contributed by atoms with E-state index < -0.39 is 0 Å². The van der Waals surface area contributed by atoms with Crippen molar-refractivity contribution in [3.05, 3.63) is 29.6 Å². The highest BCUT2D eigenvalue weighted by molar-refractivity contribution is 5.50. The quantitative estimate of drug-likeness (QED) is 0.914.